The average molecular weight is 415 g/mol. The second kappa shape index (κ2) is 8.58. The number of carbonyl (C=O) groups is 1. The minimum Gasteiger partial charge on any atom is -0.352 e. The van der Waals surface area contributed by atoms with Gasteiger partial charge in [0, 0.05) is 42.9 Å². The zero-order valence-electron chi connectivity index (χ0n) is 18.1. The van der Waals surface area contributed by atoms with E-state index in [1.807, 2.05) is 29.3 Å². The van der Waals surface area contributed by atoms with Gasteiger partial charge in [0.15, 0.2) is 0 Å². The van der Waals surface area contributed by atoms with Crippen molar-refractivity contribution in [3.05, 3.63) is 66.4 Å². The summed E-state index contributed by atoms with van der Waals surface area (Å²) in [6.45, 7) is 4.34. The van der Waals surface area contributed by atoms with Crippen molar-refractivity contribution in [2.75, 3.05) is 29.9 Å². The van der Waals surface area contributed by atoms with Gasteiger partial charge in [-0.2, -0.15) is 0 Å². The van der Waals surface area contributed by atoms with Crippen LogP contribution in [0.3, 0.4) is 0 Å². The number of piperazine rings is 1. The molecule has 1 N–H and O–H groups in total. The topological polar surface area (TPSA) is 48.5 Å². The zero-order chi connectivity index (χ0) is 21.2. The molecule has 160 valence electrons. The highest BCUT2D eigenvalue weighted by atomic mass is 16.2. The molecule has 0 unspecified atom stereocenters. The zero-order valence-corrected chi connectivity index (χ0v) is 18.1. The molecule has 5 rings (SSSR count). The van der Waals surface area contributed by atoms with Crippen LogP contribution >= 0.6 is 0 Å². The lowest BCUT2D eigenvalue weighted by molar-refractivity contribution is 0.184. The highest BCUT2D eigenvalue weighted by Crippen LogP contribution is 2.34. The molecule has 3 aromatic rings. The maximum atomic E-state index is 13.0. The Morgan fingerprint density at radius 3 is 2.55 bits per heavy atom. The van der Waals surface area contributed by atoms with Crippen LogP contribution in [-0.2, 0) is 0 Å². The van der Waals surface area contributed by atoms with E-state index in [1.165, 1.54) is 36.6 Å². The summed E-state index contributed by atoms with van der Waals surface area (Å²) in [5.74, 6) is 1.70. The lowest BCUT2D eigenvalue weighted by Crippen LogP contribution is -2.55. The molecule has 0 spiro atoms. The molecule has 5 nitrogen and oxygen atoms in total. The van der Waals surface area contributed by atoms with Crippen molar-refractivity contribution in [1.29, 1.82) is 0 Å². The maximum Gasteiger partial charge on any atom is 0.322 e. The fourth-order valence-corrected chi connectivity index (χ4v) is 5.10. The quantitative estimate of drug-likeness (QED) is 0.604. The number of nitrogens with zero attached hydrogens (tertiary/aromatic N) is 3. The number of nitrogens with one attached hydrogen (secondary N) is 1. The Bertz CT molecular complexity index is 1050. The van der Waals surface area contributed by atoms with Crippen LogP contribution in [0.15, 0.2) is 60.8 Å². The first-order chi connectivity index (χ1) is 15.2. The first-order valence-corrected chi connectivity index (χ1v) is 11.5. The molecule has 0 radical (unpaired) electrons. The Kier molecular flexibility index (Phi) is 5.49. The van der Waals surface area contributed by atoms with Crippen molar-refractivity contribution in [1.82, 2.24) is 9.88 Å². The van der Waals surface area contributed by atoms with Crippen LogP contribution in [0.25, 0.3) is 10.8 Å². The lowest BCUT2D eigenvalue weighted by Gasteiger charge is -2.40. The first kappa shape index (κ1) is 19.9. The predicted molar refractivity (Wildman–Crippen MR) is 127 cm³/mol. The van der Waals surface area contributed by atoms with Crippen LogP contribution in [-0.4, -0.2) is 41.6 Å². The van der Waals surface area contributed by atoms with Gasteiger partial charge in [-0.1, -0.05) is 49.2 Å². The van der Waals surface area contributed by atoms with Crippen molar-refractivity contribution in [2.45, 2.75) is 44.6 Å². The molecule has 2 amide bonds. The van der Waals surface area contributed by atoms with Crippen molar-refractivity contribution >= 4 is 28.3 Å². The normalized spacial score (nSPS) is 19.7. The Hall–Kier alpha value is -3.08. The Morgan fingerprint density at radius 2 is 1.77 bits per heavy atom. The smallest absolute Gasteiger partial charge is 0.322 e. The molecule has 0 bridgehead atoms. The molecule has 1 saturated carbocycles. The van der Waals surface area contributed by atoms with Crippen LogP contribution in [0.2, 0.25) is 0 Å². The van der Waals surface area contributed by atoms with E-state index in [4.69, 9.17) is 0 Å². The summed E-state index contributed by atoms with van der Waals surface area (Å²) in [5.41, 5.74) is 2.28. The van der Waals surface area contributed by atoms with Crippen LogP contribution < -0.4 is 10.2 Å². The van der Waals surface area contributed by atoms with Gasteiger partial charge in [-0.15, -0.1) is 0 Å². The van der Waals surface area contributed by atoms with Gasteiger partial charge in [0.25, 0.3) is 0 Å². The number of carbonyl (C=O) groups excluding carboxylic acids is 1. The lowest BCUT2D eigenvalue weighted by atomic mass is 9.98. The van der Waals surface area contributed by atoms with E-state index in [9.17, 15) is 4.79 Å². The highest BCUT2D eigenvalue weighted by molar-refractivity contribution is 5.92. The molecule has 31 heavy (non-hydrogen) atoms. The summed E-state index contributed by atoms with van der Waals surface area (Å²) in [6, 6.07) is 18.9. The van der Waals surface area contributed by atoms with Gasteiger partial charge in [0.1, 0.15) is 5.82 Å². The number of hydrogen-bond donors (Lipinski definition) is 1. The van der Waals surface area contributed by atoms with Crippen LogP contribution in [0, 0.1) is 0 Å². The maximum absolute atomic E-state index is 13.0. The van der Waals surface area contributed by atoms with Crippen LogP contribution in [0.4, 0.5) is 16.3 Å². The number of aromatic nitrogens is 1. The van der Waals surface area contributed by atoms with E-state index < -0.39 is 0 Å². The summed E-state index contributed by atoms with van der Waals surface area (Å²) in [6.07, 6.45) is 7.12. The molecule has 1 atom stereocenters. The first-order valence-electron chi connectivity index (χ1n) is 11.5. The van der Waals surface area contributed by atoms with Gasteiger partial charge in [0.2, 0.25) is 0 Å². The molecule has 5 heteroatoms. The van der Waals surface area contributed by atoms with E-state index in [1.54, 1.807) is 0 Å². The van der Waals surface area contributed by atoms with Gasteiger partial charge in [0.05, 0.1) is 0 Å². The molecular formula is C26H30N4O. The Labute approximate surface area is 184 Å². The minimum absolute atomic E-state index is 0.0216. The Morgan fingerprint density at radius 1 is 1.00 bits per heavy atom. The fourth-order valence-electron chi connectivity index (χ4n) is 5.10. The van der Waals surface area contributed by atoms with E-state index in [0.29, 0.717) is 12.5 Å². The summed E-state index contributed by atoms with van der Waals surface area (Å²) in [5, 5.41) is 5.46. The van der Waals surface area contributed by atoms with E-state index in [0.717, 1.165) is 30.0 Å². The van der Waals surface area contributed by atoms with Gasteiger partial charge in [-0.05, 0) is 54.8 Å². The van der Waals surface area contributed by atoms with Crippen molar-refractivity contribution in [2.24, 2.45) is 0 Å². The summed E-state index contributed by atoms with van der Waals surface area (Å²) in [4.78, 5) is 21.8. The molecule has 1 aliphatic carbocycles. The molecule has 1 aromatic heterocycles. The summed E-state index contributed by atoms with van der Waals surface area (Å²) < 4.78 is 0. The predicted octanol–water partition coefficient (Wildman–Crippen LogP) is 5.64. The largest absolute Gasteiger partial charge is 0.352 e. The summed E-state index contributed by atoms with van der Waals surface area (Å²) >= 11 is 0. The van der Waals surface area contributed by atoms with Crippen molar-refractivity contribution < 1.29 is 4.79 Å². The number of urea groups is 1. The standard InChI is InChI=1S/C26H30N4O/c1-19-18-29(25-24-9-5-4-8-22(24)14-15-27-25)16-17-30(19)26(31)28-23-12-10-21(11-13-23)20-6-2-3-7-20/h4-5,8-15,19-20H,2-3,6-7,16-18H2,1H3,(H,28,31)/t19-/m1/s1. The van der Waals surface area contributed by atoms with Crippen LogP contribution in [0.5, 0.6) is 0 Å². The minimum atomic E-state index is -0.0216. The number of anilines is 2. The van der Waals surface area contributed by atoms with Crippen molar-refractivity contribution in [3.8, 4) is 0 Å². The fraction of sp³-hybridized carbons (Fsp3) is 0.385. The molecule has 1 aliphatic heterocycles. The third-order valence-corrected chi connectivity index (χ3v) is 6.83. The third-order valence-electron chi connectivity index (χ3n) is 6.83. The third kappa shape index (κ3) is 4.09. The van der Waals surface area contributed by atoms with E-state index in [2.05, 4.69) is 58.5 Å². The molecule has 2 fully saturated rings. The number of fused-ring (bicyclic) bond motifs is 1. The molecule has 2 aromatic carbocycles. The number of amides is 2. The van der Waals surface area contributed by atoms with Gasteiger partial charge < -0.3 is 15.1 Å². The summed E-state index contributed by atoms with van der Waals surface area (Å²) in [7, 11) is 0. The molecular weight excluding hydrogens is 384 g/mol. The average Bonchev–Trinajstić information content (AvgIpc) is 3.34. The molecule has 2 aliphatic rings. The van der Waals surface area contributed by atoms with E-state index in [-0.39, 0.29) is 12.1 Å². The second-order valence-electron chi connectivity index (χ2n) is 8.88. The van der Waals surface area contributed by atoms with E-state index >= 15 is 0 Å². The number of rotatable bonds is 3. The Balaban J connectivity index is 1.23. The number of benzene rings is 2. The number of pyridine rings is 1. The highest BCUT2D eigenvalue weighted by Gasteiger charge is 2.29. The van der Waals surface area contributed by atoms with Gasteiger partial charge >= 0.3 is 6.03 Å². The van der Waals surface area contributed by atoms with Crippen molar-refractivity contribution in [3.63, 3.8) is 0 Å². The van der Waals surface area contributed by atoms with Gasteiger partial charge in [-0.3, -0.25) is 0 Å². The SMILES string of the molecule is C[C@@H]1CN(c2nccc3ccccc23)CCN1C(=O)Nc1ccc(C2CCCC2)cc1. The van der Waals surface area contributed by atoms with Crippen LogP contribution in [0.1, 0.15) is 44.1 Å². The molecule has 1 saturated heterocycles. The van der Waals surface area contributed by atoms with Gasteiger partial charge in [-0.25, -0.2) is 9.78 Å². The number of hydrogen-bond acceptors (Lipinski definition) is 3. The monoisotopic (exact) mass is 414 g/mol. The second-order valence-corrected chi connectivity index (χ2v) is 8.88. The molecule has 2 heterocycles.